The lowest BCUT2D eigenvalue weighted by atomic mass is 10.0. The number of hydrogen-bond donors (Lipinski definition) is 4. The average Bonchev–Trinajstić information content (AvgIpc) is 3.07. The highest BCUT2D eigenvalue weighted by Crippen LogP contribution is 2.29. The minimum absolute atomic E-state index is 0.216. The van der Waals surface area contributed by atoms with Gasteiger partial charge in [0, 0.05) is 49.7 Å². The third kappa shape index (κ3) is 10.4. The molecule has 0 saturated carbocycles. The summed E-state index contributed by atoms with van der Waals surface area (Å²) in [7, 11) is 1.70. The van der Waals surface area contributed by atoms with Crippen LogP contribution in [0.25, 0.3) is 0 Å². The number of fused-ring (bicyclic) bond motifs is 1. The quantitative estimate of drug-likeness (QED) is 0.230. The fourth-order valence-electron chi connectivity index (χ4n) is 5.38. The van der Waals surface area contributed by atoms with Gasteiger partial charge in [-0.2, -0.15) is 0 Å². The predicted molar refractivity (Wildman–Crippen MR) is 184 cm³/mol. The highest BCUT2D eigenvalue weighted by Gasteiger charge is 2.31. The molecule has 4 N–H and O–H groups in total. The Labute approximate surface area is 281 Å². The number of urea groups is 2. The fourth-order valence-corrected chi connectivity index (χ4v) is 5.38. The number of ether oxygens (including phenoxy) is 2. The Morgan fingerprint density at radius 2 is 1.65 bits per heavy atom. The minimum atomic E-state index is -0.571. The van der Waals surface area contributed by atoms with Crippen molar-refractivity contribution in [3.63, 3.8) is 0 Å². The number of likely N-dealkylation sites (N-methyl/N-ethyl adjacent to an activating group) is 1. The fraction of sp³-hybridized carbons (Fsp3) is 0.417. The molecule has 12 heteroatoms. The van der Waals surface area contributed by atoms with Crippen LogP contribution in [-0.4, -0.2) is 84.5 Å². The van der Waals surface area contributed by atoms with E-state index in [0.29, 0.717) is 35.8 Å². The molecule has 1 heterocycles. The van der Waals surface area contributed by atoms with Gasteiger partial charge in [0.15, 0.2) is 0 Å². The van der Waals surface area contributed by atoms with Crippen LogP contribution >= 0.6 is 0 Å². The number of halogens is 1. The van der Waals surface area contributed by atoms with Crippen LogP contribution in [0.5, 0.6) is 5.75 Å². The van der Waals surface area contributed by atoms with Gasteiger partial charge >= 0.3 is 12.1 Å². The smallest absolute Gasteiger partial charge is 0.323 e. The molecule has 48 heavy (non-hydrogen) atoms. The summed E-state index contributed by atoms with van der Waals surface area (Å²) in [5, 5.41) is 18.5. The lowest BCUT2D eigenvalue weighted by Gasteiger charge is -2.35. The Hall–Kier alpha value is -4.68. The lowest BCUT2D eigenvalue weighted by molar-refractivity contribution is -0.0115. The topological polar surface area (TPSA) is 132 Å². The molecule has 3 aromatic rings. The van der Waals surface area contributed by atoms with E-state index in [1.54, 1.807) is 42.0 Å². The molecular weight excluding hydrogens is 617 g/mol. The second-order valence-corrected chi connectivity index (χ2v) is 12.3. The minimum Gasteiger partial charge on any atom is -0.490 e. The first-order chi connectivity index (χ1) is 23.0. The second kappa shape index (κ2) is 17.5. The molecule has 0 bridgehead atoms. The van der Waals surface area contributed by atoms with Crippen molar-refractivity contribution in [3.8, 4) is 5.75 Å². The van der Waals surface area contributed by atoms with Gasteiger partial charge in [-0.05, 0) is 87.7 Å². The summed E-state index contributed by atoms with van der Waals surface area (Å²) in [6.45, 7) is 6.34. The molecule has 0 aliphatic carbocycles. The molecular formula is C36H46FN5O6. The number of benzene rings is 3. The highest BCUT2D eigenvalue weighted by molar-refractivity contribution is 6.02. The Morgan fingerprint density at radius 1 is 0.979 bits per heavy atom. The van der Waals surface area contributed by atoms with Gasteiger partial charge in [-0.3, -0.25) is 4.79 Å². The standard InChI is InChI=1S/C36H46FN5O6/c1-24-21-42(25(2)23-43)34(44)31-20-30(39-35(45)38-29-15-13-27(37)14-16-29)17-18-32(31)48-26(3)10-8-9-19-47-33(24)22-41(4)36(46)40-28-11-6-5-7-12-28/h5-7,11-18,20,24-26,33,43H,8-10,19,21-23H2,1-4H3,(H,40,46)(H2,38,39,45)/t24-,25-,26-,33+/m1/s1. The van der Waals surface area contributed by atoms with E-state index in [1.165, 1.54) is 24.3 Å². The molecule has 0 radical (unpaired) electrons. The highest BCUT2D eigenvalue weighted by atomic mass is 19.1. The van der Waals surface area contributed by atoms with E-state index in [1.807, 2.05) is 44.2 Å². The molecule has 11 nitrogen and oxygen atoms in total. The third-order valence-electron chi connectivity index (χ3n) is 8.24. The Kier molecular flexibility index (Phi) is 13.2. The number of nitrogens with zero attached hydrogens (tertiary/aromatic N) is 2. The summed E-state index contributed by atoms with van der Waals surface area (Å²) in [6, 6.07) is 18.0. The van der Waals surface area contributed by atoms with Crippen LogP contribution < -0.4 is 20.7 Å². The first-order valence-electron chi connectivity index (χ1n) is 16.3. The van der Waals surface area contributed by atoms with Crippen molar-refractivity contribution in [1.82, 2.24) is 9.80 Å². The van der Waals surface area contributed by atoms with Crippen molar-refractivity contribution < 1.29 is 33.4 Å². The molecule has 3 aromatic carbocycles. The van der Waals surface area contributed by atoms with E-state index in [0.717, 1.165) is 12.8 Å². The monoisotopic (exact) mass is 663 g/mol. The molecule has 0 aromatic heterocycles. The number of amides is 5. The first kappa shape index (κ1) is 36.2. The largest absolute Gasteiger partial charge is 0.490 e. The maximum Gasteiger partial charge on any atom is 0.323 e. The van der Waals surface area contributed by atoms with Crippen molar-refractivity contribution >= 4 is 35.0 Å². The zero-order valence-electron chi connectivity index (χ0n) is 27.9. The molecule has 0 unspecified atom stereocenters. The summed E-state index contributed by atoms with van der Waals surface area (Å²) in [6.07, 6.45) is 1.70. The molecule has 0 fully saturated rings. The van der Waals surface area contributed by atoms with Gasteiger partial charge in [0.1, 0.15) is 11.6 Å². The first-order valence-corrected chi connectivity index (χ1v) is 16.3. The SMILES string of the molecule is C[C@@H]1CCCCO[C@@H](CN(C)C(=O)Nc2ccccc2)[C@H](C)CN([C@H](C)CO)C(=O)c2cc(NC(=O)Nc3ccc(F)cc3)ccc2O1. The maximum absolute atomic E-state index is 14.3. The van der Waals surface area contributed by atoms with Crippen LogP contribution in [0, 0.1) is 11.7 Å². The van der Waals surface area contributed by atoms with Crippen molar-refractivity contribution in [1.29, 1.82) is 0 Å². The van der Waals surface area contributed by atoms with E-state index >= 15 is 0 Å². The van der Waals surface area contributed by atoms with E-state index < -0.39 is 24.0 Å². The van der Waals surface area contributed by atoms with Crippen molar-refractivity contribution in [2.75, 3.05) is 49.3 Å². The number of para-hydroxylation sites is 1. The molecule has 4 rings (SSSR count). The number of aliphatic hydroxyl groups is 1. The maximum atomic E-state index is 14.3. The Balaban J connectivity index is 1.57. The van der Waals surface area contributed by atoms with Crippen molar-refractivity contribution in [3.05, 3.63) is 84.2 Å². The number of rotatable bonds is 7. The van der Waals surface area contributed by atoms with Crippen molar-refractivity contribution in [2.24, 2.45) is 5.92 Å². The number of hydrogen-bond acceptors (Lipinski definition) is 6. The molecule has 4 atom stereocenters. The normalized spacial score (nSPS) is 19.6. The Morgan fingerprint density at radius 3 is 2.35 bits per heavy atom. The Bertz CT molecular complexity index is 1510. The summed E-state index contributed by atoms with van der Waals surface area (Å²) in [4.78, 5) is 43.2. The van der Waals surface area contributed by atoms with Gasteiger partial charge in [0.2, 0.25) is 0 Å². The summed E-state index contributed by atoms with van der Waals surface area (Å²) >= 11 is 0. The molecule has 5 amide bonds. The predicted octanol–water partition coefficient (Wildman–Crippen LogP) is 6.43. The van der Waals surface area contributed by atoms with Crippen LogP contribution in [0.2, 0.25) is 0 Å². The zero-order valence-corrected chi connectivity index (χ0v) is 27.9. The van der Waals surface area contributed by atoms with Crippen LogP contribution in [0.3, 0.4) is 0 Å². The van der Waals surface area contributed by atoms with Crippen LogP contribution in [0.1, 0.15) is 50.4 Å². The molecule has 258 valence electrons. The number of carbonyl (C=O) groups is 3. The van der Waals surface area contributed by atoms with Gasteiger partial charge in [-0.1, -0.05) is 25.1 Å². The van der Waals surface area contributed by atoms with Gasteiger partial charge in [-0.15, -0.1) is 0 Å². The molecule has 1 aliphatic heterocycles. The number of anilines is 3. The summed E-state index contributed by atoms with van der Waals surface area (Å²) in [5.74, 6) is -0.681. The average molecular weight is 664 g/mol. The molecule has 0 spiro atoms. The summed E-state index contributed by atoms with van der Waals surface area (Å²) < 4.78 is 25.9. The van der Waals surface area contributed by atoms with E-state index in [-0.39, 0.29) is 49.2 Å². The molecule has 1 aliphatic rings. The number of aliphatic hydroxyl groups excluding tert-OH is 1. The molecule has 0 saturated heterocycles. The number of nitrogens with one attached hydrogen (secondary N) is 3. The van der Waals surface area contributed by atoms with E-state index in [2.05, 4.69) is 16.0 Å². The second-order valence-electron chi connectivity index (χ2n) is 12.3. The zero-order chi connectivity index (χ0) is 34.6. The van der Waals surface area contributed by atoms with Crippen LogP contribution in [0.15, 0.2) is 72.8 Å². The van der Waals surface area contributed by atoms with Crippen molar-refractivity contribution in [2.45, 2.75) is 58.3 Å². The van der Waals surface area contributed by atoms with Gasteiger partial charge < -0.3 is 40.3 Å². The number of carbonyl (C=O) groups excluding carboxylic acids is 3. The van der Waals surface area contributed by atoms with E-state index in [9.17, 15) is 23.9 Å². The van der Waals surface area contributed by atoms with Crippen LogP contribution in [0.4, 0.5) is 31.0 Å². The van der Waals surface area contributed by atoms with Gasteiger partial charge in [0.25, 0.3) is 5.91 Å². The summed E-state index contributed by atoms with van der Waals surface area (Å²) in [5.41, 5.74) is 1.65. The third-order valence-corrected chi connectivity index (χ3v) is 8.24. The van der Waals surface area contributed by atoms with Crippen LogP contribution in [-0.2, 0) is 4.74 Å². The van der Waals surface area contributed by atoms with Gasteiger partial charge in [-0.25, -0.2) is 14.0 Å². The van der Waals surface area contributed by atoms with Gasteiger partial charge in [0.05, 0.1) is 30.4 Å². The lowest BCUT2D eigenvalue weighted by Crippen LogP contribution is -2.48. The van der Waals surface area contributed by atoms with E-state index in [4.69, 9.17) is 9.47 Å².